The molecule has 2 aromatic carbocycles. The number of carbonyl (C=O) groups excluding carboxylic acids is 1. The van der Waals surface area contributed by atoms with E-state index in [4.69, 9.17) is 5.73 Å². The molecule has 102 valence electrons. The van der Waals surface area contributed by atoms with Crippen LogP contribution in [0.2, 0.25) is 0 Å². The fourth-order valence-corrected chi connectivity index (χ4v) is 3.34. The largest absolute Gasteiger partial charge is 0.368 e. The predicted molar refractivity (Wildman–Crippen MR) is 79.3 cm³/mol. The second kappa shape index (κ2) is 5.10. The lowest BCUT2D eigenvalue weighted by atomic mass is 9.69. The van der Waals surface area contributed by atoms with Gasteiger partial charge in [-0.2, -0.15) is 0 Å². The molecule has 1 unspecified atom stereocenters. The monoisotopic (exact) mass is 266 g/mol. The van der Waals surface area contributed by atoms with Crippen molar-refractivity contribution < 1.29 is 4.79 Å². The Morgan fingerprint density at radius 3 is 1.95 bits per heavy atom. The van der Waals surface area contributed by atoms with Crippen LogP contribution in [0.3, 0.4) is 0 Å². The number of hydrogen-bond donors (Lipinski definition) is 2. The molecule has 20 heavy (non-hydrogen) atoms. The molecule has 0 spiro atoms. The lowest BCUT2D eigenvalue weighted by Gasteiger charge is -2.34. The molecule has 0 saturated carbocycles. The number of nitrogens with one attached hydrogen (secondary N) is 1. The van der Waals surface area contributed by atoms with E-state index in [-0.39, 0.29) is 17.4 Å². The Hall–Kier alpha value is -2.13. The Balaban J connectivity index is 2.21. The van der Waals surface area contributed by atoms with Gasteiger partial charge < -0.3 is 11.1 Å². The summed E-state index contributed by atoms with van der Waals surface area (Å²) in [5, 5.41) is 3.27. The summed E-state index contributed by atoms with van der Waals surface area (Å²) in [5.74, 6) is -0.296. The topological polar surface area (TPSA) is 55.1 Å². The van der Waals surface area contributed by atoms with Gasteiger partial charge in [-0.25, -0.2) is 0 Å². The van der Waals surface area contributed by atoms with Crippen LogP contribution in [0.25, 0.3) is 0 Å². The first kappa shape index (κ1) is 12.9. The summed E-state index contributed by atoms with van der Waals surface area (Å²) in [4.78, 5) is 11.9. The minimum absolute atomic E-state index is 0.296. The second-order valence-corrected chi connectivity index (χ2v) is 5.24. The maximum absolute atomic E-state index is 11.9. The van der Waals surface area contributed by atoms with Crippen LogP contribution in [0.5, 0.6) is 0 Å². The summed E-state index contributed by atoms with van der Waals surface area (Å²) in [6.45, 7) is 0.789. The molecule has 1 fully saturated rings. The molecule has 2 aromatic rings. The first-order valence-electron chi connectivity index (χ1n) is 6.89. The van der Waals surface area contributed by atoms with Gasteiger partial charge >= 0.3 is 0 Å². The summed E-state index contributed by atoms with van der Waals surface area (Å²) < 4.78 is 0. The summed E-state index contributed by atoms with van der Waals surface area (Å²) in [5.41, 5.74) is 7.56. The van der Waals surface area contributed by atoms with Crippen LogP contribution >= 0.6 is 0 Å². The Bertz CT molecular complexity index is 555. The molecule has 1 aliphatic heterocycles. The molecular weight excluding hydrogens is 248 g/mol. The number of primary amides is 1. The molecule has 1 atom stereocenters. The number of amides is 1. The van der Waals surface area contributed by atoms with Crippen LogP contribution in [0.4, 0.5) is 0 Å². The number of hydrogen-bond acceptors (Lipinski definition) is 2. The van der Waals surface area contributed by atoms with Crippen molar-refractivity contribution in [3.8, 4) is 0 Å². The van der Waals surface area contributed by atoms with E-state index in [1.807, 2.05) is 36.4 Å². The quantitative estimate of drug-likeness (QED) is 0.890. The number of rotatable bonds is 3. The van der Waals surface area contributed by atoms with Crippen molar-refractivity contribution in [3.05, 3.63) is 71.8 Å². The molecule has 1 heterocycles. The lowest BCUT2D eigenvalue weighted by molar-refractivity contribution is -0.120. The van der Waals surface area contributed by atoms with E-state index < -0.39 is 0 Å². The molecule has 3 heteroatoms. The third-order valence-electron chi connectivity index (χ3n) is 4.22. The summed E-state index contributed by atoms with van der Waals surface area (Å²) in [7, 11) is 0. The van der Waals surface area contributed by atoms with E-state index in [1.165, 1.54) is 0 Å². The van der Waals surface area contributed by atoms with Crippen molar-refractivity contribution >= 4 is 5.91 Å². The maximum Gasteiger partial charge on any atom is 0.235 e. The van der Waals surface area contributed by atoms with Crippen LogP contribution < -0.4 is 11.1 Å². The molecule has 3 rings (SSSR count). The second-order valence-electron chi connectivity index (χ2n) is 5.24. The third kappa shape index (κ3) is 1.91. The smallest absolute Gasteiger partial charge is 0.235 e. The fraction of sp³-hybridized carbons (Fsp3) is 0.235. The standard InChI is InChI=1S/C17H18N2O/c18-16(20)15-17(11-12-19-15,13-7-3-1-4-8-13)14-9-5-2-6-10-14/h1-10,15,19H,11-12H2,(H2,18,20). The van der Waals surface area contributed by atoms with E-state index >= 15 is 0 Å². The molecule has 0 bridgehead atoms. The van der Waals surface area contributed by atoms with Crippen molar-refractivity contribution in [2.75, 3.05) is 6.54 Å². The molecule has 3 nitrogen and oxygen atoms in total. The van der Waals surface area contributed by atoms with E-state index in [2.05, 4.69) is 29.6 Å². The van der Waals surface area contributed by atoms with Gasteiger partial charge in [0.05, 0.1) is 0 Å². The first-order valence-corrected chi connectivity index (χ1v) is 6.89. The van der Waals surface area contributed by atoms with Crippen LogP contribution in [-0.2, 0) is 10.2 Å². The van der Waals surface area contributed by atoms with E-state index in [0.29, 0.717) is 0 Å². The fourth-order valence-electron chi connectivity index (χ4n) is 3.34. The summed E-state index contributed by atoms with van der Waals surface area (Å²) >= 11 is 0. The maximum atomic E-state index is 11.9. The zero-order chi connectivity index (χ0) is 14.0. The van der Waals surface area contributed by atoms with E-state index in [9.17, 15) is 4.79 Å². The normalized spacial score (nSPS) is 20.7. The zero-order valence-electron chi connectivity index (χ0n) is 11.3. The van der Waals surface area contributed by atoms with Gasteiger partial charge in [0.2, 0.25) is 5.91 Å². The van der Waals surface area contributed by atoms with Crippen molar-refractivity contribution in [2.45, 2.75) is 17.9 Å². The van der Waals surface area contributed by atoms with Crippen LogP contribution in [0.15, 0.2) is 60.7 Å². The highest BCUT2D eigenvalue weighted by atomic mass is 16.1. The Kier molecular flexibility index (Phi) is 3.28. The van der Waals surface area contributed by atoms with Gasteiger partial charge in [0.1, 0.15) is 6.04 Å². The highest BCUT2D eigenvalue weighted by Gasteiger charge is 2.48. The Labute approximate surface area is 118 Å². The molecule has 0 aliphatic carbocycles. The first-order chi connectivity index (χ1) is 9.75. The average molecular weight is 266 g/mol. The predicted octanol–water partition coefficient (Wildman–Crippen LogP) is 1.82. The SMILES string of the molecule is NC(=O)C1NCCC1(c1ccccc1)c1ccccc1. The van der Waals surface area contributed by atoms with Crippen molar-refractivity contribution in [3.63, 3.8) is 0 Å². The van der Waals surface area contributed by atoms with Crippen LogP contribution in [-0.4, -0.2) is 18.5 Å². The zero-order valence-corrected chi connectivity index (χ0v) is 11.3. The van der Waals surface area contributed by atoms with E-state index in [1.54, 1.807) is 0 Å². The van der Waals surface area contributed by atoms with E-state index in [0.717, 1.165) is 24.1 Å². The molecule has 3 N–H and O–H groups in total. The van der Waals surface area contributed by atoms with Gasteiger partial charge in [-0.3, -0.25) is 4.79 Å². The highest BCUT2D eigenvalue weighted by molar-refractivity contribution is 5.84. The Morgan fingerprint density at radius 1 is 1.00 bits per heavy atom. The number of nitrogens with two attached hydrogens (primary N) is 1. The van der Waals surface area contributed by atoms with Crippen molar-refractivity contribution in [1.82, 2.24) is 5.32 Å². The minimum atomic E-state index is -0.368. The van der Waals surface area contributed by atoms with Gasteiger partial charge in [-0.1, -0.05) is 60.7 Å². The summed E-state index contributed by atoms with van der Waals surface area (Å²) in [6, 6.07) is 20.0. The number of benzene rings is 2. The van der Waals surface area contributed by atoms with Gasteiger partial charge in [-0.05, 0) is 24.1 Å². The third-order valence-corrected chi connectivity index (χ3v) is 4.22. The van der Waals surface area contributed by atoms with Crippen LogP contribution in [0, 0.1) is 0 Å². The van der Waals surface area contributed by atoms with Crippen LogP contribution in [0.1, 0.15) is 17.5 Å². The van der Waals surface area contributed by atoms with Crippen molar-refractivity contribution in [2.24, 2.45) is 5.73 Å². The molecule has 1 aliphatic rings. The highest BCUT2D eigenvalue weighted by Crippen LogP contribution is 2.41. The summed E-state index contributed by atoms with van der Waals surface area (Å²) in [6.07, 6.45) is 0.870. The minimum Gasteiger partial charge on any atom is -0.368 e. The molecular formula is C17H18N2O. The molecule has 0 radical (unpaired) electrons. The van der Waals surface area contributed by atoms with Gasteiger partial charge in [0.15, 0.2) is 0 Å². The Morgan fingerprint density at radius 2 is 1.50 bits per heavy atom. The average Bonchev–Trinajstić information content (AvgIpc) is 2.95. The van der Waals surface area contributed by atoms with Gasteiger partial charge in [0, 0.05) is 5.41 Å². The molecule has 0 aromatic heterocycles. The van der Waals surface area contributed by atoms with Gasteiger partial charge in [0.25, 0.3) is 0 Å². The molecule has 1 saturated heterocycles. The number of carbonyl (C=O) groups is 1. The lowest BCUT2D eigenvalue weighted by Crippen LogP contribution is -2.50. The van der Waals surface area contributed by atoms with Gasteiger partial charge in [-0.15, -0.1) is 0 Å². The van der Waals surface area contributed by atoms with Crippen molar-refractivity contribution in [1.29, 1.82) is 0 Å². The molecule has 1 amide bonds.